The molecule has 0 saturated carbocycles. The molecular weight excluding hydrogens is 322 g/mol. The molecule has 5 heteroatoms. The summed E-state index contributed by atoms with van der Waals surface area (Å²) in [7, 11) is 1.71. The van der Waals surface area contributed by atoms with Crippen molar-refractivity contribution < 1.29 is 4.74 Å². The Morgan fingerprint density at radius 2 is 1.83 bits per heavy atom. The standard InChI is InChI=1S/C19H24ClN3O/c1-24-19-8-3-2-7-17(19)18(14-21)23-11-9-22(10-12-23)16-6-4-5-15(20)13-16/h2-8,13,18H,9-12,14,21H2,1H3/t18-/m0/s1. The van der Waals surface area contributed by atoms with E-state index >= 15 is 0 Å². The lowest BCUT2D eigenvalue weighted by Gasteiger charge is -2.40. The molecule has 1 aliphatic heterocycles. The summed E-state index contributed by atoms with van der Waals surface area (Å²) in [5.74, 6) is 0.908. The maximum absolute atomic E-state index is 6.11. The second-order valence-electron chi connectivity index (χ2n) is 6.00. The summed E-state index contributed by atoms with van der Waals surface area (Å²) in [6, 6.07) is 16.4. The summed E-state index contributed by atoms with van der Waals surface area (Å²) < 4.78 is 5.52. The average Bonchev–Trinajstić information content (AvgIpc) is 2.63. The fourth-order valence-electron chi connectivity index (χ4n) is 3.38. The Morgan fingerprint density at radius 1 is 1.08 bits per heavy atom. The van der Waals surface area contributed by atoms with E-state index in [2.05, 4.69) is 21.9 Å². The highest BCUT2D eigenvalue weighted by molar-refractivity contribution is 6.30. The second-order valence-corrected chi connectivity index (χ2v) is 6.43. The van der Waals surface area contributed by atoms with Gasteiger partial charge in [0.05, 0.1) is 13.2 Å². The fraction of sp³-hybridized carbons (Fsp3) is 0.368. The number of para-hydroxylation sites is 1. The van der Waals surface area contributed by atoms with E-state index in [0.29, 0.717) is 6.54 Å². The second kappa shape index (κ2) is 7.88. The molecule has 0 spiro atoms. The largest absolute Gasteiger partial charge is 0.496 e. The molecule has 1 aliphatic rings. The third-order valence-electron chi connectivity index (χ3n) is 4.65. The number of hydrogen-bond acceptors (Lipinski definition) is 4. The number of piperazine rings is 1. The van der Waals surface area contributed by atoms with Gasteiger partial charge in [0.2, 0.25) is 0 Å². The van der Waals surface area contributed by atoms with Gasteiger partial charge in [-0.1, -0.05) is 35.9 Å². The Balaban J connectivity index is 1.70. The minimum atomic E-state index is 0.183. The van der Waals surface area contributed by atoms with Crippen LogP contribution in [-0.2, 0) is 0 Å². The summed E-state index contributed by atoms with van der Waals surface area (Å²) >= 11 is 6.11. The van der Waals surface area contributed by atoms with Gasteiger partial charge >= 0.3 is 0 Å². The van der Waals surface area contributed by atoms with Crippen LogP contribution in [0.4, 0.5) is 5.69 Å². The van der Waals surface area contributed by atoms with E-state index in [4.69, 9.17) is 22.1 Å². The number of nitrogens with zero attached hydrogens (tertiary/aromatic N) is 2. The summed E-state index contributed by atoms with van der Waals surface area (Å²) in [4.78, 5) is 4.82. The number of anilines is 1. The first kappa shape index (κ1) is 17.1. The first-order valence-electron chi connectivity index (χ1n) is 8.30. The third kappa shape index (κ3) is 3.66. The molecular formula is C19H24ClN3O. The Kier molecular flexibility index (Phi) is 5.61. The van der Waals surface area contributed by atoms with Crippen LogP contribution in [0.5, 0.6) is 5.75 Å². The quantitative estimate of drug-likeness (QED) is 0.903. The minimum Gasteiger partial charge on any atom is -0.496 e. The van der Waals surface area contributed by atoms with Crippen LogP contribution in [0.2, 0.25) is 5.02 Å². The van der Waals surface area contributed by atoms with Gasteiger partial charge in [-0.15, -0.1) is 0 Å². The van der Waals surface area contributed by atoms with E-state index in [-0.39, 0.29) is 6.04 Å². The molecule has 0 radical (unpaired) electrons. The molecule has 1 fully saturated rings. The minimum absolute atomic E-state index is 0.183. The van der Waals surface area contributed by atoms with Crippen LogP contribution in [0.15, 0.2) is 48.5 Å². The first-order chi connectivity index (χ1) is 11.7. The molecule has 3 rings (SSSR count). The molecule has 0 amide bonds. The molecule has 2 aromatic rings. The van der Waals surface area contributed by atoms with Crippen molar-refractivity contribution in [1.82, 2.24) is 4.90 Å². The van der Waals surface area contributed by atoms with Crippen molar-refractivity contribution in [2.45, 2.75) is 6.04 Å². The lowest BCUT2D eigenvalue weighted by molar-refractivity contribution is 0.187. The molecule has 4 nitrogen and oxygen atoms in total. The van der Waals surface area contributed by atoms with Crippen molar-refractivity contribution in [2.75, 3.05) is 44.7 Å². The zero-order chi connectivity index (χ0) is 16.9. The summed E-state index contributed by atoms with van der Waals surface area (Å²) in [5, 5.41) is 0.781. The number of rotatable bonds is 5. The van der Waals surface area contributed by atoms with Crippen LogP contribution in [-0.4, -0.2) is 44.7 Å². The lowest BCUT2D eigenvalue weighted by atomic mass is 10.0. The summed E-state index contributed by atoms with van der Waals surface area (Å²) in [6.07, 6.45) is 0. The Morgan fingerprint density at radius 3 is 2.50 bits per heavy atom. The van der Waals surface area contributed by atoms with E-state index in [1.807, 2.05) is 36.4 Å². The van der Waals surface area contributed by atoms with Crippen molar-refractivity contribution in [3.63, 3.8) is 0 Å². The fourth-order valence-corrected chi connectivity index (χ4v) is 3.56. The molecule has 128 valence electrons. The van der Waals surface area contributed by atoms with Gasteiger partial charge in [-0.3, -0.25) is 4.90 Å². The highest BCUT2D eigenvalue weighted by atomic mass is 35.5. The maximum atomic E-state index is 6.11. The average molecular weight is 346 g/mol. The van der Waals surface area contributed by atoms with E-state index in [9.17, 15) is 0 Å². The van der Waals surface area contributed by atoms with Gasteiger partial charge in [-0.2, -0.15) is 0 Å². The van der Waals surface area contributed by atoms with Crippen LogP contribution in [0.25, 0.3) is 0 Å². The predicted octanol–water partition coefficient (Wildman–Crippen LogP) is 3.17. The van der Waals surface area contributed by atoms with Crippen molar-refractivity contribution in [3.05, 3.63) is 59.1 Å². The predicted molar refractivity (Wildman–Crippen MR) is 100 cm³/mol. The Hall–Kier alpha value is -1.75. The third-order valence-corrected chi connectivity index (χ3v) is 4.88. The monoisotopic (exact) mass is 345 g/mol. The molecule has 1 atom stereocenters. The molecule has 0 aliphatic carbocycles. The molecule has 1 heterocycles. The molecule has 2 N–H and O–H groups in total. The SMILES string of the molecule is COc1ccccc1[C@H](CN)N1CCN(c2cccc(Cl)c2)CC1. The number of halogens is 1. The molecule has 0 unspecified atom stereocenters. The number of hydrogen-bond donors (Lipinski definition) is 1. The molecule has 0 bridgehead atoms. The van der Waals surface area contributed by atoms with Gasteiger partial charge in [0.1, 0.15) is 5.75 Å². The van der Waals surface area contributed by atoms with Crippen molar-refractivity contribution in [1.29, 1.82) is 0 Å². The Bertz CT molecular complexity index is 671. The van der Waals surface area contributed by atoms with Gasteiger partial charge in [0.25, 0.3) is 0 Å². The van der Waals surface area contributed by atoms with Gasteiger partial charge in [0, 0.05) is 49.0 Å². The first-order valence-corrected chi connectivity index (χ1v) is 8.68. The van der Waals surface area contributed by atoms with Gasteiger partial charge in [0.15, 0.2) is 0 Å². The van der Waals surface area contributed by atoms with Crippen LogP contribution in [0, 0.1) is 0 Å². The van der Waals surface area contributed by atoms with Gasteiger partial charge in [-0.25, -0.2) is 0 Å². The van der Waals surface area contributed by atoms with E-state index in [0.717, 1.165) is 37.0 Å². The zero-order valence-corrected chi connectivity index (χ0v) is 14.7. The van der Waals surface area contributed by atoms with Crippen LogP contribution in [0.1, 0.15) is 11.6 Å². The zero-order valence-electron chi connectivity index (χ0n) is 14.0. The topological polar surface area (TPSA) is 41.7 Å². The number of nitrogens with two attached hydrogens (primary N) is 1. The Labute approximate surface area is 148 Å². The van der Waals surface area contributed by atoms with E-state index < -0.39 is 0 Å². The number of ether oxygens (including phenoxy) is 1. The van der Waals surface area contributed by atoms with Crippen molar-refractivity contribution in [3.8, 4) is 5.75 Å². The molecule has 0 aromatic heterocycles. The molecule has 1 saturated heterocycles. The summed E-state index contributed by atoms with van der Waals surface area (Å²) in [5.41, 5.74) is 8.45. The highest BCUT2D eigenvalue weighted by Gasteiger charge is 2.26. The number of methoxy groups -OCH3 is 1. The molecule has 2 aromatic carbocycles. The van der Waals surface area contributed by atoms with Gasteiger partial charge in [-0.05, 0) is 24.3 Å². The van der Waals surface area contributed by atoms with Crippen molar-refractivity contribution in [2.24, 2.45) is 5.73 Å². The van der Waals surface area contributed by atoms with E-state index in [1.165, 1.54) is 11.3 Å². The van der Waals surface area contributed by atoms with Gasteiger partial charge < -0.3 is 15.4 Å². The van der Waals surface area contributed by atoms with Crippen LogP contribution < -0.4 is 15.4 Å². The summed E-state index contributed by atoms with van der Waals surface area (Å²) in [6.45, 7) is 4.44. The van der Waals surface area contributed by atoms with Crippen LogP contribution >= 0.6 is 11.6 Å². The highest BCUT2D eigenvalue weighted by Crippen LogP contribution is 2.30. The number of benzene rings is 2. The smallest absolute Gasteiger partial charge is 0.123 e. The van der Waals surface area contributed by atoms with E-state index in [1.54, 1.807) is 7.11 Å². The van der Waals surface area contributed by atoms with Crippen molar-refractivity contribution >= 4 is 17.3 Å². The maximum Gasteiger partial charge on any atom is 0.123 e. The van der Waals surface area contributed by atoms with Crippen LogP contribution in [0.3, 0.4) is 0 Å². The lowest BCUT2D eigenvalue weighted by Crippen LogP contribution is -2.49. The normalized spacial score (nSPS) is 16.9. The molecule has 24 heavy (non-hydrogen) atoms.